The van der Waals surface area contributed by atoms with Crippen molar-refractivity contribution in [1.82, 2.24) is 14.8 Å². The van der Waals surface area contributed by atoms with Crippen LogP contribution >= 0.6 is 11.6 Å². The van der Waals surface area contributed by atoms with Crippen molar-refractivity contribution in [2.24, 2.45) is 5.92 Å². The number of hydrogen-bond donors (Lipinski definition) is 0. The van der Waals surface area contributed by atoms with Crippen LogP contribution in [0.5, 0.6) is 0 Å². The smallest absolute Gasteiger partial charge is 0.228 e. The lowest BCUT2D eigenvalue weighted by atomic mass is 10.1. The number of pyridine rings is 1. The van der Waals surface area contributed by atoms with E-state index in [0.29, 0.717) is 13.1 Å². The number of carbonyl (C=O) groups is 2. The minimum Gasteiger partial charge on any atom is -0.341 e. The topological polar surface area (TPSA) is 53.5 Å². The van der Waals surface area contributed by atoms with E-state index in [9.17, 15) is 14.0 Å². The second kappa shape index (κ2) is 7.83. The molecule has 1 aliphatic heterocycles. The monoisotopic (exact) mass is 375 g/mol. The first-order valence-electron chi connectivity index (χ1n) is 8.31. The van der Waals surface area contributed by atoms with Crippen molar-refractivity contribution in [1.29, 1.82) is 0 Å². The molecule has 136 valence electrons. The van der Waals surface area contributed by atoms with Gasteiger partial charge in [-0.05, 0) is 24.3 Å². The van der Waals surface area contributed by atoms with Gasteiger partial charge in [0.15, 0.2) is 0 Å². The average molecular weight is 376 g/mol. The molecule has 5 nitrogen and oxygen atoms in total. The van der Waals surface area contributed by atoms with E-state index >= 15 is 0 Å². The molecule has 0 radical (unpaired) electrons. The molecule has 26 heavy (non-hydrogen) atoms. The molecular weight excluding hydrogens is 357 g/mol. The predicted molar refractivity (Wildman–Crippen MR) is 95.6 cm³/mol. The second-order valence-corrected chi connectivity index (χ2v) is 6.80. The summed E-state index contributed by atoms with van der Waals surface area (Å²) in [6.45, 7) is 0.783. The molecule has 1 atom stereocenters. The number of amides is 2. The van der Waals surface area contributed by atoms with Gasteiger partial charge in [-0.25, -0.2) is 4.39 Å². The Hall–Kier alpha value is -2.47. The van der Waals surface area contributed by atoms with Crippen LogP contribution in [0.25, 0.3) is 0 Å². The molecule has 0 saturated carbocycles. The summed E-state index contributed by atoms with van der Waals surface area (Å²) < 4.78 is 13.9. The molecule has 0 spiro atoms. The number of likely N-dealkylation sites (tertiary alicyclic amines) is 1. The molecule has 1 unspecified atom stereocenters. The molecule has 7 heteroatoms. The van der Waals surface area contributed by atoms with Gasteiger partial charge in [-0.15, -0.1) is 0 Å². The summed E-state index contributed by atoms with van der Waals surface area (Å²) in [5.74, 6) is -1.16. The summed E-state index contributed by atoms with van der Waals surface area (Å²) >= 11 is 6.03. The molecule has 1 fully saturated rings. The molecule has 1 aromatic heterocycles. The van der Waals surface area contributed by atoms with Gasteiger partial charge in [0, 0.05) is 43.3 Å². The fraction of sp³-hybridized carbons (Fsp3) is 0.316. The Morgan fingerprint density at radius 1 is 1.35 bits per heavy atom. The maximum atomic E-state index is 13.9. The number of halogens is 2. The molecule has 2 aromatic rings. The zero-order valence-corrected chi connectivity index (χ0v) is 15.1. The highest BCUT2D eigenvalue weighted by Gasteiger charge is 2.36. The largest absolute Gasteiger partial charge is 0.341 e. The third kappa shape index (κ3) is 4.02. The molecular formula is C19H19ClFN3O2. The van der Waals surface area contributed by atoms with E-state index in [1.54, 1.807) is 24.2 Å². The Morgan fingerprint density at radius 3 is 2.85 bits per heavy atom. The SMILES string of the molecule is CN(Cc1c(F)cccc1Cl)C(=O)C1CC(=O)N(Cc2ccccn2)C1. The van der Waals surface area contributed by atoms with Crippen molar-refractivity contribution in [3.8, 4) is 0 Å². The predicted octanol–water partition coefficient (Wildman–Crippen LogP) is 2.88. The van der Waals surface area contributed by atoms with Crippen LogP contribution in [-0.4, -0.2) is 40.2 Å². The maximum Gasteiger partial charge on any atom is 0.228 e. The van der Waals surface area contributed by atoms with Gasteiger partial charge in [0.05, 0.1) is 18.2 Å². The summed E-state index contributed by atoms with van der Waals surface area (Å²) in [6.07, 6.45) is 1.82. The number of aromatic nitrogens is 1. The van der Waals surface area contributed by atoms with Crippen molar-refractivity contribution in [2.75, 3.05) is 13.6 Å². The van der Waals surface area contributed by atoms with E-state index in [1.165, 1.54) is 17.0 Å². The number of nitrogens with zero attached hydrogens (tertiary/aromatic N) is 3. The zero-order chi connectivity index (χ0) is 18.7. The van der Waals surface area contributed by atoms with Gasteiger partial charge in [-0.2, -0.15) is 0 Å². The highest BCUT2D eigenvalue weighted by molar-refractivity contribution is 6.31. The lowest BCUT2D eigenvalue weighted by molar-refractivity contribution is -0.135. The van der Waals surface area contributed by atoms with E-state index in [2.05, 4.69) is 4.98 Å². The van der Waals surface area contributed by atoms with Crippen molar-refractivity contribution in [2.45, 2.75) is 19.5 Å². The highest BCUT2D eigenvalue weighted by atomic mass is 35.5. The molecule has 1 aliphatic rings. The number of hydrogen-bond acceptors (Lipinski definition) is 3. The molecule has 0 N–H and O–H groups in total. The first kappa shape index (κ1) is 18.3. The molecule has 1 aromatic carbocycles. The summed E-state index contributed by atoms with van der Waals surface area (Å²) in [5, 5.41) is 0.281. The summed E-state index contributed by atoms with van der Waals surface area (Å²) in [6, 6.07) is 9.93. The Labute approximate surface area is 156 Å². The Balaban J connectivity index is 1.64. The van der Waals surface area contributed by atoms with Crippen LogP contribution in [0, 0.1) is 11.7 Å². The van der Waals surface area contributed by atoms with Gasteiger partial charge < -0.3 is 9.80 Å². The van der Waals surface area contributed by atoms with E-state index in [-0.39, 0.29) is 35.4 Å². The minimum absolute atomic E-state index is 0.0648. The maximum absolute atomic E-state index is 13.9. The number of rotatable bonds is 5. The molecule has 1 saturated heterocycles. The van der Waals surface area contributed by atoms with Crippen LogP contribution in [0.4, 0.5) is 4.39 Å². The van der Waals surface area contributed by atoms with Crippen LogP contribution in [0.15, 0.2) is 42.6 Å². The van der Waals surface area contributed by atoms with Crippen molar-refractivity contribution in [3.05, 3.63) is 64.7 Å². The zero-order valence-electron chi connectivity index (χ0n) is 14.4. The standard InChI is InChI=1S/C19H19ClFN3O2/c1-23(12-15-16(20)6-4-7-17(15)21)19(26)13-9-18(25)24(10-13)11-14-5-2-3-8-22-14/h2-8,13H,9-12H2,1H3. The first-order valence-corrected chi connectivity index (χ1v) is 8.69. The van der Waals surface area contributed by atoms with Crippen LogP contribution in [-0.2, 0) is 22.7 Å². The fourth-order valence-corrected chi connectivity index (χ4v) is 3.31. The Morgan fingerprint density at radius 2 is 2.15 bits per heavy atom. The van der Waals surface area contributed by atoms with Gasteiger partial charge in [0.1, 0.15) is 5.82 Å². The van der Waals surface area contributed by atoms with Gasteiger partial charge in [0.25, 0.3) is 0 Å². The van der Waals surface area contributed by atoms with E-state index in [4.69, 9.17) is 11.6 Å². The second-order valence-electron chi connectivity index (χ2n) is 6.39. The van der Waals surface area contributed by atoms with Gasteiger partial charge >= 0.3 is 0 Å². The van der Waals surface area contributed by atoms with E-state index in [0.717, 1.165) is 5.69 Å². The normalized spacial score (nSPS) is 16.8. The van der Waals surface area contributed by atoms with Crippen LogP contribution < -0.4 is 0 Å². The van der Waals surface area contributed by atoms with Gasteiger partial charge in [0.2, 0.25) is 11.8 Å². The average Bonchev–Trinajstić information content (AvgIpc) is 2.99. The number of benzene rings is 1. The van der Waals surface area contributed by atoms with Crippen molar-refractivity contribution < 1.29 is 14.0 Å². The van der Waals surface area contributed by atoms with Crippen molar-refractivity contribution in [3.63, 3.8) is 0 Å². The summed E-state index contributed by atoms with van der Waals surface area (Å²) in [4.78, 5) is 32.2. The Kier molecular flexibility index (Phi) is 5.52. The third-order valence-electron chi connectivity index (χ3n) is 4.48. The molecule has 0 bridgehead atoms. The molecule has 3 rings (SSSR count). The molecule has 2 amide bonds. The lowest BCUT2D eigenvalue weighted by Gasteiger charge is -2.22. The van der Waals surface area contributed by atoms with E-state index < -0.39 is 11.7 Å². The van der Waals surface area contributed by atoms with Gasteiger partial charge in [-0.1, -0.05) is 23.7 Å². The van der Waals surface area contributed by atoms with Gasteiger partial charge in [-0.3, -0.25) is 14.6 Å². The number of carbonyl (C=O) groups excluding carboxylic acids is 2. The summed E-state index contributed by atoms with van der Waals surface area (Å²) in [5.41, 5.74) is 1.06. The van der Waals surface area contributed by atoms with Crippen LogP contribution in [0.3, 0.4) is 0 Å². The molecule has 2 heterocycles. The minimum atomic E-state index is -0.448. The quantitative estimate of drug-likeness (QED) is 0.807. The summed E-state index contributed by atoms with van der Waals surface area (Å²) in [7, 11) is 1.59. The van der Waals surface area contributed by atoms with Crippen LogP contribution in [0.2, 0.25) is 5.02 Å². The first-order chi connectivity index (χ1) is 12.5. The van der Waals surface area contributed by atoms with Crippen molar-refractivity contribution >= 4 is 23.4 Å². The highest BCUT2D eigenvalue weighted by Crippen LogP contribution is 2.24. The fourth-order valence-electron chi connectivity index (χ4n) is 3.09. The lowest BCUT2D eigenvalue weighted by Crippen LogP contribution is -2.34. The van der Waals surface area contributed by atoms with Crippen LogP contribution in [0.1, 0.15) is 17.7 Å². The third-order valence-corrected chi connectivity index (χ3v) is 4.83. The Bertz CT molecular complexity index is 795. The molecule has 0 aliphatic carbocycles. The van der Waals surface area contributed by atoms with E-state index in [1.807, 2.05) is 18.2 Å².